The molecule has 5 nitrogen and oxygen atoms in total. The molecule has 1 heterocycles. The van der Waals surface area contributed by atoms with Crippen molar-refractivity contribution in [3.63, 3.8) is 0 Å². The van der Waals surface area contributed by atoms with Crippen LogP contribution < -0.4 is 0 Å². The fraction of sp³-hybridized carbons (Fsp3) is 0.529. The first-order valence-corrected chi connectivity index (χ1v) is 8.18. The highest BCUT2D eigenvalue weighted by molar-refractivity contribution is 6.00. The summed E-state index contributed by atoms with van der Waals surface area (Å²) in [5, 5.41) is 23.7. The lowest BCUT2D eigenvalue weighted by atomic mass is 10.0. The number of hydrogen-bond acceptors (Lipinski definition) is 4. The Hall–Kier alpha value is -2.09. The van der Waals surface area contributed by atoms with E-state index in [1.807, 2.05) is 6.92 Å². The van der Waals surface area contributed by atoms with Gasteiger partial charge in [-0.05, 0) is 25.0 Å². The second-order valence-electron chi connectivity index (χ2n) is 6.10. The summed E-state index contributed by atoms with van der Waals surface area (Å²) in [4.78, 5) is 12.5. The number of hydrazone groups is 1. The van der Waals surface area contributed by atoms with E-state index in [9.17, 15) is 28.2 Å². The maximum Gasteiger partial charge on any atom is 0.438 e. The van der Waals surface area contributed by atoms with Crippen molar-refractivity contribution in [1.29, 1.82) is 0 Å². The molecule has 0 unspecified atom stereocenters. The van der Waals surface area contributed by atoms with Gasteiger partial charge >= 0.3 is 6.18 Å². The molecule has 2 N–H and O–H groups in total. The van der Waals surface area contributed by atoms with E-state index in [0.29, 0.717) is 6.42 Å². The highest BCUT2D eigenvalue weighted by Gasteiger charge is 2.63. The third kappa shape index (κ3) is 3.95. The Kier molecular flexibility index (Phi) is 5.72. The van der Waals surface area contributed by atoms with Crippen LogP contribution in [0.2, 0.25) is 0 Å². The number of alkyl halides is 3. The first-order chi connectivity index (χ1) is 11.7. The van der Waals surface area contributed by atoms with E-state index < -0.39 is 30.0 Å². The van der Waals surface area contributed by atoms with Crippen LogP contribution in [0, 0.1) is 0 Å². The maximum absolute atomic E-state index is 13.4. The van der Waals surface area contributed by atoms with Gasteiger partial charge in [0.25, 0.3) is 11.6 Å². The van der Waals surface area contributed by atoms with Crippen molar-refractivity contribution in [3.8, 4) is 5.75 Å². The molecule has 8 heteroatoms. The number of phenolic OH excluding ortho intramolecular Hbond substituents is 1. The van der Waals surface area contributed by atoms with Crippen LogP contribution in [0.3, 0.4) is 0 Å². The van der Waals surface area contributed by atoms with Gasteiger partial charge in [0.15, 0.2) is 0 Å². The van der Waals surface area contributed by atoms with Crippen LogP contribution in [0.4, 0.5) is 13.2 Å². The lowest BCUT2D eigenvalue weighted by Gasteiger charge is -2.32. The summed E-state index contributed by atoms with van der Waals surface area (Å²) in [5.74, 6) is -1.66. The quantitative estimate of drug-likeness (QED) is 0.760. The molecular weight excluding hydrogens is 337 g/mol. The molecule has 1 aliphatic heterocycles. The number of amides is 1. The van der Waals surface area contributed by atoms with E-state index in [-0.39, 0.29) is 22.7 Å². The van der Waals surface area contributed by atoms with Crippen molar-refractivity contribution < 1.29 is 28.2 Å². The number of carbonyl (C=O) groups excluding carboxylic acids is 1. The number of aliphatic hydroxyl groups is 1. The Morgan fingerprint density at radius 3 is 2.56 bits per heavy atom. The van der Waals surface area contributed by atoms with Crippen LogP contribution in [0.25, 0.3) is 0 Å². The molecule has 1 aliphatic rings. The molecule has 1 atom stereocenters. The summed E-state index contributed by atoms with van der Waals surface area (Å²) in [6.07, 6.45) is -2.15. The van der Waals surface area contributed by atoms with Crippen LogP contribution in [-0.4, -0.2) is 38.7 Å². The third-order valence-electron chi connectivity index (χ3n) is 4.14. The first kappa shape index (κ1) is 19.2. The Morgan fingerprint density at radius 2 is 1.96 bits per heavy atom. The number of carbonyl (C=O) groups is 1. The number of aromatic hydroxyl groups is 1. The second-order valence-corrected chi connectivity index (χ2v) is 6.10. The molecule has 0 saturated carbocycles. The predicted molar refractivity (Wildman–Crippen MR) is 86.1 cm³/mol. The third-order valence-corrected chi connectivity index (χ3v) is 4.14. The van der Waals surface area contributed by atoms with Crippen LogP contribution >= 0.6 is 0 Å². The van der Waals surface area contributed by atoms with Gasteiger partial charge < -0.3 is 10.2 Å². The van der Waals surface area contributed by atoms with Crippen molar-refractivity contribution in [2.75, 3.05) is 0 Å². The minimum Gasteiger partial charge on any atom is -0.507 e. The zero-order valence-corrected chi connectivity index (χ0v) is 13.9. The van der Waals surface area contributed by atoms with Gasteiger partial charge in [0.1, 0.15) is 5.75 Å². The molecule has 25 heavy (non-hydrogen) atoms. The van der Waals surface area contributed by atoms with Gasteiger partial charge in [-0.2, -0.15) is 23.3 Å². The number of benzene rings is 1. The van der Waals surface area contributed by atoms with Crippen molar-refractivity contribution in [2.24, 2.45) is 5.10 Å². The number of rotatable bonds is 6. The molecule has 1 amide bonds. The topological polar surface area (TPSA) is 73.1 Å². The average molecular weight is 358 g/mol. The van der Waals surface area contributed by atoms with Crippen LogP contribution in [0.15, 0.2) is 29.4 Å². The van der Waals surface area contributed by atoms with E-state index >= 15 is 0 Å². The van der Waals surface area contributed by atoms with E-state index in [2.05, 4.69) is 5.10 Å². The summed E-state index contributed by atoms with van der Waals surface area (Å²) in [6.45, 7) is 2.02. The molecule has 0 fully saturated rings. The molecule has 0 bridgehead atoms. The largest absolute Gasteiger partial charge is 0.507 e. The summed E-state index contributed by atoms with van der Waals surface area (Å²) < 4.78 is 40.2. The van der Waals surface area contributed by atoms with Crippen molar-refractivity contribution in [2.45, 2.75) is 57.3 Å². The van der Waals surface area contributed by atoms with Crippen molar-refractivity contribution in [1.82, 2.24) is 5.01 Å². The van der Waals surface area contributed by atoms with Gasteiger partial charge in [-0.3, -0.25) is 4.79 Å². The van der Waals surface area contributed by atoms with Crippen molar-refractivity contribution in [3.05, 3.63) is 29.8 Å². The Bertz CT molecular complexity index is 661. The smallest absolute Gasteiger partial charge is 0.438 e. The standard InChI is InChI=1S/C17H21F3N2O3/c1-2-3-4-5-8-12-11-16(25,17(18,19)20)22(21-12)15(24)13-9-6-7-10-14(13)23/h6-7,9-10,23,25H,2-5,8,11H2,1H3/t16-/m1/s1. The van der Waals surface area contributed by atoms with Crippen LogP contribution in [0.1, 0.15) is 55.8 Å². The molecule has 0 radical (unpaired) electrons. The summed E-state index contributed by atoms with van der Waals surface area (Å²) in [7, 11) is 0. The lowest BCUT2D eigenvalue weighted by Crippen LogP contribution is -2.56. The van der Waals surface area contributed by atoms with E-state index in [1.165, 1.54) is 24.3 Å². The molecular formula is C17H21F3N2O3. The molecule has 1 aromatic rings. The molecule has 1 aromatic carbocycles. The number of para-hydroxylation sites is 1. The highest BCUT2D eigenvalue weighted by Crippen LogP contribution is 2.42. The highest BCUT2D eigenvalue weighted by atomic mass is 19.4. The summed E-state index contributed by atoms with van der Waals surface area (Å²) >= 11 is 0. The van der Waals surface area contributed by atoms with Crippen molar-refractivity contribution >= 4 is 11.6 Å². The van der Waals surface area contributed by atoms with E-state index in [0.717, 1.165) is 19.3 Å². The number of nitrogens with zero attached hydrogens (tertiary/aromatic N) is 2. The normalized spacial score (nSPS) is 20.7. The fourth-order valence-electron chi connectivity index (χ4n) is 2.72. The van der Waals surface area contributed by atoms with E-state index in [4.69, 9.17) is 0 Å². The second kappa shape index (κ2) is 7.43. The van der Waals surface area contributed by atoms with Gasteiger partial charge in [-0.1, -0.05) is 38.3 Å². The zero-order valence-electron chi connectivity index (χ0n) is 13.9. The SMILES string of the molecule is CCCCCCC1=NN(C(=O)c2ccccc2O)[C@](O)(C(F)(F)F)C1. The number of phenols is 1. The number of unbranched alkanes of at least 4 members (excludes halogenated alkanes) is 3. The predicted octanol–water partition coefficient (Wildman–Crippen LogP) is 3.82. The zero-order chi connectivity index (χ0) is 18.7. The van der Waals surface area contributed by atoms with Gasteiger partial charge in [-0.25, -0.2) is 0 Å². The molecule has 0 aliphatic carbocycles. The minimum atomic E-state index is -5.07. The molecule has 0 spiro atoms. The fourth-order valence-corrected chi connectivity index (χ4v) is 2.72. The molecule has 138 valence electrons. The minimum absolute atomic E-state index is 0.0528. The average Bonchev–Trinajstić information content (AvgIpc) is 2.89. The monoisotopic (exact) mass is 358 g/mol. The van der Waals surface area contributed by atoms with Gasteiger partial charge in [0, 0.05) is 12.1 Å². The Morgan fingerprint density at radius 1 is 1.28 bits per heavy atom. The summed E-state index contributed by atoms with van der Waals surface area (Å²) in [5.41, 5.74) is -3.62. The number of halogens is 3. The molecule has 0 saturated heterocycles. The van der Waals surface area contributed by atoms with Crippen LogP contribution in [-0.2, 0) is 0 Å². The maximum atomic E-state index is 13.4. The lowest BCUT2D eigenvalue weighted by molar-refractivity contribution is -0.297. The number of hydrogen-bond donors (Lipinski definition) is 2. The van der Waals surface area contributed by atoms with Crippen LogP contribution in [0.5, 0.6) is 5.75 Å². The molecule has 0 aromatic heterocycles. The van der Waals surface area contributed by atoms with Gasteiger partial charge in [0.05, 0.1) is 5.56 Å². The first-order valence-electron chi connectivity index (χ1n) is 8.18. The summed E-state index contributed by atoms with van der Waals surface area (Å²) in [6, 6.07) is 5.22. The Labute approximate surface area is 143 Å². The van der Waals surface area contributed by atoms with Gasteiger partial charge in [-0.15, -0.1) is 0 Å². The Balaban J connectivity index is 2.28. The van der Waals surface area contributed by atoms with E-state index in [1.54, 1.807) is 0 Å². The molecule has 2 rings (SSSR count). The van der Waals surface area contributed by atoms with Gasteiger partial charge in [0.2, 0.25) is 0 Å².